The number of nitrogens with zero attached hydrogens (tertiary/aromatic N) is 1. The fourth-order valence-corrected chi connectivity index (χ4v) is 0.838. The van der Waals surface area contributed by atoms with E-state index in [-0.39, 0.29) is 57.2 Å². The molecule has 3 nitrogen and oxygen atoms in total. The quantitative estimate of drug-likeness (QED) is 0.499. The van der Waals surface area contributed by atoms with Crippen molar-refractivity contribution in [2.45, 2.75) is 32.4 Å². The molecular weight excluding hydrogens is 169 g/mol. The molecule has 4 heteroatoms. The van der Waals surface area contributed by atoms with Gasteiger partial charge in [0.25, 0.3) is 0 Å². The van der Waals surface area contributed by atoms with Crippen LogP contribution in [0, 0.1) is 0 Å². The van der Waals surface area contributed by atoms with Crippen LogP contribution in [0.15, 0.2) is 0 Å². The van der Waals surface area contributed by atoms with Gasteiger partial charge in [-0.05, 0) is 13.0 Å². The number of hydrogen-bond acceptors (Lipinski definition) is 2. The van der Waals surface area contributed by atoms with Crippen molar-refractivity contribution in [1.29, 1.82) is 0 Å². The smallest absolute Gasteiger partial charge is 0.654 e. The van der Waals surface area contributed by atoms with Gasteiger partial charge >= 0.3 is 51.4 Å². The number of Topliss-reactive ketones (excluding diaryl/α,β-unsaturated/α-hetero) is 1. The molecule has 0 aliphatic carbocycles. The van der Waals surface area contributed by atoms with Crippen molar-refractivity contribution in [3.05, 3.63) is 5.32 Å². The summed E-state index contributed by atoms with van der Waals surface area (Å²) in [6, 6.07) is -0.523. The minimum absolute atomic E-state index is 0. The Hall–Kier alpha value is 1.23. The van der Waals surface area contributed by atoms with Gasteiger partial charge in [0, 0.05) is 12.5 Å². The van der Waals surface area contributed by atoms with Gasteiger partial charge in [0.1, 0.15) is 5.78 Å². The van der Waals surface area contributed by atoms with Gasteiger partial charge in [-0.25, -0.2) is 0 Å². The molecule has 60 valence electrons. The van der Waals surface area contributed by atoms with Crippen LogP contribution in [0.1, 0.15) is 20.3 Å². The molecule has 0 saturated heterocycles. The van der Waals surface area contributed by atoms with Gasteiger partial charge in [0.05, 0.1) is 0 Å². The Balaban J connectivity index is 0. The summed E-state index contributed by atoms with van der Waals surface area (Å²) >= 11 is 0. The molecule has 0 saturated carbocycles. The van der Waals surface area contributed by atoms with Gasteiger partial charge in [-0.1, -0.05) is 6.92 Å². The molecular formula is C7H14KNO2. The minimum Gasteiger partial charge on any atom is -0.654 e. The van der Waals surface area contributed by atoms with Gasteiger partial charge in [-0.15, -0.1) is 0 Å². The normalized spacial score (nSPS) is 14.9. The fraction of sp³-hybridized carbons (Fsp3) is 0.857. The van der Waals surface area contributed by atoms with E-state index in [0.29, 0.717) is 6.42 Å². The molecule has 0 bridgehead atoms. The molecule has 0 aromatic heterocycles. The van der Waals surface area contributed by atoms with E-state index >= 15 is 0 Å². The summed E-state index contributed by atoms with van der Waals surface area (Å²) in [5, 5.41) is 12.8. The standard InChI is InChI=1S/C7H14NO2.K/c1-4-6(10)7(8-3)5(2)9;/h5,7,9H,4H2,1-3H3;/q-1;+1. The number of carbonyl (C=O) groups excluding carboxylic acids is 1. The van der Waals surface area contributed by atoms with E-state index in [4.69, 9.17) is 5.11 Å². The summed E-state index contributed by atoms with van der Waals surface area (Å²) in [6.45, 7) is 3.34. The molecule has 0 rings (SSSR count). The molecule has 0 fully saturated rings. The van der Waals surface area contributed by atoms with Crippen LogP contribution >= 0.6 is 0 Å². The zero-order valence-corrected chi connectivity index (χ0v) is 10.8. The Morgan fingerprint density at radius 1 is 1.64 bits per heavy atom. The van der Waals surface area contributed by atoms with Gasteiger partial charge in [0.15, 0.2) is 0 Å². The third-order valence-electron chi connectivity index (χ3n) is 1.41. The Morgan fingerprint density at radius 3 is 2.18 bits per heavy atom. The van der Waals surface area contributed by atoms with E-state index in [9.17, 15) is 4.79 Å². The predicted molar refractivity (Wildman–Crippen MR) is 40.0 cm³/mol. The summed E-state index contributed by atoms with van der Waals surface area (Å²) in [7, 11) is 1.55. The van der Waals surface area contributed by atoms with Crippen molar-refractivity contribution in [2.24, 2.45) is 0 Å². The number of ketones is 1. The number of likely N-dealkylation sites (N-methyl/N-ethyl adjacent to an activating group) is 1. The molecule has 11 heavy (non-hydrogen) atoms. The molecule has 0 heterocycles. The number of aliphatic hydroxyl groups excluding tert-OH is 1. The molecule has 2 unspecified atom stereocenters. The monoisotopic (exact) mass is 183 g/mol. The van der Waals surface area contributed by atoms with Crippen molar-refractivity contribution in [2.75, 3.05) is 7.05 Å². The molecule has 0 aromatic rings. The van der Waals surface area contributed by atoms with Gasteiger partial charge < -0.3 is 15.2 Å². The zero-order valence-electron chi connectivity index (χ0n) is 7.66. The Labute approximate surface area is 110 Å². The molecule has 0 aliphatic rings. The minimum atomic E-state index is -0.655. The first-order chi connectivity index (χ1) is 4.63. The third kappa shape index (κ3) is 5.46. The second kappa shape index (κ2) is 7.85. The van der Waals surface area contributed by atoms with E-state index in [0.717, 1.165) is 0 Å². The molecule has 2 atom stereocenters. The van der Waals surface area contributed by atoms with E-state index in [1.54, 1.807) is 20.9 Å². The predicted octanol–water partition coefficient (Wildman–Crippen LogP) is -2.28. The van der Waals surface area contributed by atoms with Crippen LogP contribution in [-0.4, -0.2) is 30.1 Å². The Kier molecular flexibility index (Phi) is 10.5. The molecule has 0 spiro atoms. The average Bonchev–Trinajstić information content (AvgIpc) is 1.88. The van der Waals surface area contributed by atoms with Crippen LogP contribution in [0.25, 0.3) is 5.32 Å². The van der Waals surface area contributed by atoms with Crippen LogP contribution in [0.4, 0.5) is 0 Å². The van der Waals surface area contributed by atoms with Gasteiger partial charge in [0.2, 0.25) is 0 Å². The number of rotatable bonds is 4. The summed E-state index contributed by atoms with van der Waals surface area (Å²) in [5.74, 6) is -0.00231. The van der Waals surface area contributed by atoms with E-state index in [2.05, 4.69) is 5.32 Å². The van der Waals surface area contributed by atoms with Crippen LogP contribution in [0.5, 0.6) is 0 Å². The van der Waals surface area contributed by atoms with Crippen LogP contribution < -0.4 is 51.4 Å². The van der Waals surface area contributed by atoms with Crippen LogP contribution in [0.2, 0.25) is 0 Å². The van der Waals surface area contributed by atoms with E-state index < -0.39 is 12.1 Å². The molecule has 0 radical (unpaired) electrons. The Bertz CT molecular complexity index is 117. The maximum Gasteiger partial charge on any atom is 1.00 e. The van der Waals surface area contributed by atoms with Crippen molar-refractivity contribution in [1.82, 2.24) is 0 Å². The van der Waals surface area contributed by atoms with Crippen molar-refractivity contribution in [3.8, 4) is 0 Å². The number of aliphatic hydroxyl groups is 1. The van der Waals surface area contributed by atoms with Gasteiger partial charge in [-0.2, -0.15) is 7.05 Å². The summed E-state index contributed by atoms with van der Waals surface area (Å²) in [4.78, 5) is 10.9. The Morgan fingerprint density at radius 2 is 2.09 bits per heavy atom. The molecule has 0 aliphatic heterocycles. The number of carbonyl (C=O) groups is 1. The largest absolute Gasteiger partial charge is 1.00 e. The van der Waals surface area contributed by atoms with Crippen molar-refractivity contribution >= 4 is 5.78 Å². The summed E-state index contributed by atoms with van der Waals surface area (Å²) in [6.07, 6.45) is -0.218. The van der Waals surface area contributed by atoms with Crippen molar-refractivity contribution in [3.63, 3.8) is 0 Å². The van der Waals surface area contributed by atoms with Gasteiger partial charge in [-0.3, -0.25) is 0 Å². The average molecular weight is 183 g/mol. The third-order valence-corrected chi connectivity index (χ3v) is 1.41. The fourth-order valence-electron chi connectivity index (χ4n) is 0.838. The second-order valence-electron chi connectivity index (χ2n) is 2.26. The summed E-state index contributed by atoms with van der Waals surface area (Å²) < 4.78 is 0. The van der Waals surface area contributed by atoms with Crippen LogP contribution in [0.3, 0.4) is 0 Å². The summed E-state index contributed by atoms with van der Waals surface area (Å²) in [5.41, 5.74) is 0. The first-order valence-corrected chi connectivity index (χ1v) is 3.43. The zero-order chi connectivity index (χ0) is 8.15. The second-order valence-corrected chi connectivity index (χ2v) is 2.26. The first-order valence-electron chi connectivity index (χ1n) is 3.43. The number of hydrogen-bond donors (Lipinski definition) is 1. The van der Waals surface area contributed by atoms with Crippen molar-refractivity contribution < 1.29 is 61.3 Å². The molecule has 1 N–H and O–H groups in total. The van der Waals surface area contributed by atoms with E-state index in [1.165, 1.54) is 0 Å². The maximum atomic E-state index is 10.9. The van der Waals surface area contributed by atoms with Crippen LogP contribution in [-0.2, 0) is 4.79 Å². The maximum absolute atomic E-state index is 10.9. The molecule has 0 aromatic carbocycles. The topological polar surface area (TPSA) is 51.4 Å². The van der Waals surface area contributed by atoms with E-state index in [1.807, 2.05) is 0 Å². The SMILES string of the molecule is CCC(=O)C([N-]C)C(C)O.[K+]. The molecule has 0 amide bonds. The first kappa shape index (κ1) is 14.7.